The Morgan fingerprint density at radius 1 is 1.25 bits per heavy atom. The van der Waals surface area contributed by atoms with Crippen LogP contribution in [0.3, 0.4) is 0 Å². The molecule has 0 saturated heterocycles. The second kappa shape index (κ2) is 3.94. The Morgan fingerprint density at radius 2 is 1.75 bits per heavy atom. The third-order valence-corrected chi connectivity index (χ3v) is 6.72. The Labute approximate surface area is 77.3 Å². The summed E-state index contributed by atoms with van der Waals surface area (Å²) in [5.74, 6) is 0. The van der Waals surface area contributed by atoms with E-state index in [0.717, 1.165) is 0 Å². The molecule has 1 nitrogen and oxygen atoms in total. The van der Waals surface area contributed by atoms with Crippen molar-refractivity contribution in [3.63, 3.8) is 0 Å². The van der Waals surface area contributed by atoms with Crippen LogP contribution in [0.5, 0.6) is 0 Å². The van der Waals surface area contributed by atoms with Crippen LogP contribution >= 0.6 is 0 Å². The molecule has 0 rings (SSSR count). The molecule has 0 aliphatic rings. The number of rotatable bonds is 3. The van der Waals surface area contributed by atoms with E-state index < -0.39 is 8.32 Å². The van der Waals surface area contributed by atoms with E-state index in [9.17, 15) is 0 Å². The van der Waals surface area contributed by atoms with E-state index in [4.69, 9.17) is 4.43 Å². The van der Waals surface area contributed by atoms with Gasteiger partial charge >= 0.3 is 0 Å². The van der Waals surface area contributed by atoms with Crippen LogP contribution in [0.4, 0.5) is 0 Å². The molecule has 0 saturated carbocycles. The van der Waals surface area contributed by atoms with Gasteiger partial charge in [0.15, 0.2) is 0 Å². The van der Waals surface area contributed by atoms with Crippen molar-refractivity contribution in [1.29, 1.82) is 0 Å². The lowest BCUT2D eigenvalue weighted by Crippen LogP contribution is -2.39. The van der Waals surface area contributed by atoms with Gasteiger partial charge in [0, 0.05) is 0 Å². The molecule has 70 valence electrons. The van der Waals surface area contributed by atoms with Gasteiger partial charge in [-0.3, -0.25) is 0 Å². The minimum atomic E-state index is -1.58. The maximum Gasteiger partial charge on any atom is 0.249 e. The van der Waals surface area contributed by atoms with Gasteiger partial charge in [0.1, 0.15) is 0 Å². The Morgan fingerprint density at radius 3 is 2.08 bits per heavy atom. The lowest BCUT2D eigenvalue weighted by atomic mass is 10.2. The van der Waals surface area contributed by atoms with Crippen LogP contribution in [-0.4, -0.2) is 8.32 Å². The second-order valence-electron chi connectivity index (χ2n) is 4.44. The highest BCUT2D eigenvalue weighted by Crippen LogP contribution is 2.36. The Balaban J connectivity index is 4.23. The molecule has 0 aromatic heterocycles. The molecule has 0 N–H and O–H groups in total. The molecular weight excluding hydrogens is 164 g/mol. The molecule has 0 unspecified atom stereocenters. The fraction of sp³-hybridized carbons (Fsp3) is 0.600. The van der Waals surface area contributed by atoms with Crippen LogP contribution < -0.4 is 0 Å². The summed E-state index contributed by atoms with van der Waals surface area (Å²) in [6.45, 7) is 14.7. The Hall–Kier alpha value is -0.503. The molecule has 0 radical (unpaired) electrons. The first-order valence-corrected chi connectivity index (χ1v) is 7.17. The fourth-order valence-corrected chi connectivity index (χ4v) is 1.21. The summed E-state index contributed by atoms with van der Waals surface area (Å²) in [5.41, 5.74) is 0. The minimum Gasteiger partial charge on any atom is -0.549 e. The standard InChI is InChI=1S/C10H20OSi/c1-7-8-9-11-12(5,6)10(2,3)4/h7-9H,1H2,2-6H3. The topological polar surface area (TPSA) is 9.23 Å². The smallest absolute Gasteiger partial charge is 0.249 e. The number of hydrogen-bond acceptors (Lipinski definition) is 1. The zero-order chi connectivity index (χ0) is 9.83. The summed E-state index contributed by atoms with van der Waals surface area (Å²) < 4.78 is 5.72. The van der Waals surface area contributed by atoms with Crippen LogP contribution in [-0.2, 0) is 4.43 Å². The lowest BCUT2D eigenvalue weighted by Gasteiger charge is -2.34. The number of hydrogen-bond donors (Lipinski definition) is 0. The SMILES string of the molecule is C=CC=CO[Si](C)(C)C(C)(C)C. The summed E-state index contributed by atoms with van der Waals surface area (Å²) in [6, 6.07) is 0. The van der Waals surface area contributed by atoms with Gasteiger partial charge in [-0.05, 0) is 24.2 Å². The number of allylic oxidation sites excluding steroid dienone is 2. The fourth-order valence-electron chi connectivity index (χ4n) is 0.442. The van der Waals surface area contributed by atoms with E-state index in [1.807, 2.05) is 6.08 Å². The molecule has 0 aliphatic heterocycles. The highest BCUT2D eigenvalue weighted by molar-refractivity contribution is 6.74. The molecule has 0 aromatic rings. The van der Waals surface area contributed by atoms with Crippen LogP contribution in [0, 0.1) is 0 Å². The maximum atomic E-state index is 5.72. The monoisotopic (exact) mass is 184 g/mol. The summed E-state index contributed by atoms with van der Waals surface area (Å²) in [4.78, 5) is 0. The van der Waals surface area contributed by atoms with Gasteiger partial charge in [-0.2, -0.15) is 0 Å². The zero-order valence-electron chi connectivity index (χ0n) is 8.85. The van der Waals surface area contributed by atoms with Crippen LogP contribution in [0.2, 0.25) is 18.1 Å². The predicted octanol–water partition coefficient (Wildman–Crippen LogP) is 3.71. The summed E-state index contributed by atoms with van der Waals surface area (Å²) in [5, 5.41) is 0.276. The first kappa shape index (κ1) is 11.5. The van der Waals surface area contributed by atoms with E-state index >= 15 is 0 Å². The average molecular weight is 184 g/mol. The van der Waals surface area contributed by atoms with E-state index in [0.29, 0.717) is 0 Å². The van der Waals surface area contributed by atoms with Gasteiger partial charge in [-0.25, -0.2) is 0 Å². The molecule has 0 atom stereocenters. The molecule has 0 spiro atoms. The van der Waals surface area contributed by atoms with Crippen LogP contribution in [0.1, 0.15) is 20.8 Å². The van der Waals surface area contributed by atoms with E-state index in [1.54, 1.807) is 12.3 Å². The Kier molecular flexibility index (Phi) is 3.78. The molecule has 0 aliphatic carbocycles. The van der Waals surface area contributed by atoms with Crippen molar-refractivity contribution in [2.75, 3.05) is 0 Å². The second-order valence-corrected chi connectivity index (χ2v) is 9.20. The van der Waals surface area contributed by atoms with Gasteiger partial charge in [0.2, 0.25) is 8.32 Å². The maximum absolute atomic E-state index is 5.72. The van der Waals surface area contributed by atoms with Gasteiger partial charge in [-0.1, -0.05) is 33.4 Å². The normalized spacial score (nSPS) is 13.4. The summed E-state index contributed by atoms with van der Waals surface area (Å²) in [7, 11) is -1.58. The largest absolute Gasteiger partial charge is 0.549 e. The molecule has 0 fully saturated rings. The van der Waals surface area contributed by atoms with Gasteiger partial charge in [0.05, 0.1) is 6.26 Å². The molecule has 0 amide bonds. The molecule has 0 aromatic carbocycles. The van der Waals surface area contributed by atoms with E-state index in [1.165, 1.54) is 0 Å². The third-order valence-electron chi connectivity index (χ3n) is 2.38. The van der Waals surface area contributed by atoms with Gasteiger partial charge in [-0.15, -0.1) is 0 Å². The predicted molar refractivity (Wildman–Crippen MR) is 57.6 cm³/mol. The van der Waals surface area contributed by atoms with Crippen molar-refractivity contribution in [3.05, 3.63) is 25.0 Å². The van der Waals surface area contributed by atoms with Crippen molar-refractivity contribution in [2.24, 2.45) is 0 Å². The first-order valence-electron chi connectivity index (χ1n) is 4.26. The van der Waals surface area contributed by atoms with Crippen molar-refractivity contribution in [1.82, 2.24) is 0 Å². The quantitative estimate of drug-likeness (QED) is 0.369. The van der Waals surface area contributed by atoms with Crippen molar-refractivity contribution in [2.45, 2.75) is 38.9 Å². The molecule has 2 heteroatoms. The third kappa shape index (κ3) is 3.26. The van der Waals surface area contributed by atoms with Crippen molar-refractivity contribution >= 4 is 8.32 Å². The van der Waals surface area contributed by atoms with E-state index in [-0.39, 0.29) is 5.04 Å². The van der Waals surface area contributed by atoms with Gasteiger partial charge < -0.3 is 4.43 Å². The van der Waals surface area contributed by atoms with E-state index in [2.05, 4.69) is 40.4 Å². The molecule has 12 heavy (non-hydrogen) atoms. The molecule has 0 bridgehead atoms. The Bertz CT molecular complexity index is 175. The highest BCUT2D eigenvalue weighted by atomic mass is 28.4. The highest BCUT2D eigenvalue weighted by Gasteiger charge is 2.37. The van der Waals surface area contributed by atoms with Crippen molar-refractivity contribution < 1.29 is 4.43 Å². The lowest BCUT2D eigenvalue weighted by molar-refractivity contribution is 0.430. The average Bonchev–Trinajstić information content (AvgIpc) is 1.85. The molecular formula is C10H20OSi. The zero-order valence-corrected chi connectivity index (χ0v) is 9.85. The van der Waals surface area contributed by atoms with Crippen molar-refractivity contribution in [3.8, 4) is 0 Å². The van der Waals surface area contributed by atoms with Crippen LogP contribution in [0.25, 0.3) is 0 Å². The molecule has 0 heterocycles. The summed E-state index contributed by atoms with van der Waals surface area (Å²) >= 11 is 0. The van der Waals surface area contributed by atoms with Crippen LogP contribution in [0.15, 0.2) is 25.0 Å². The first-order chi connectivity index (χ1) is 5.31. The minimum absolute atomic E-state index is 0.276. The van der Waals surface area contributed by atoms with Gasteiger partial charge in [0.25, 0.3) is 0 Å². The summed E-state index contributed by atoms with van der Waals surface area (Å²) in [6.07, 6.45) is 5.32.